The van der Waals surface area contributed by atoms with Gasteiger partial charge in [-0.15, -0.1) is 0 Å². The van der Waals surface area contributed by atoms with Crippen molar-refractivity contribution in [2.75, 3.05) is 0 Å². The smallest absolute Gasteiger partial charge is 0.150 e. The molecule has 0 fully saturated rings. The van der Waals surface area contributed by atoms with Gasteiger partial charge in [0, 0.05) is 24.4 Å². The highest BCUT2D eigenvalue weighted by Crippen LogP contribution is 2.27. The number of carbonyl (C=O) groups is 1. The number of rotatable bonds is 3. The lowest BCUT2D eigenvalue weighted by atomic mass is 9.98. The normalized spacial score (nSPS) is 10.5. The average Bonchev–Trinajstić information content (AvgIpc) is 2.70. The molecule has 3 nitrogen and oxygen atoms in total. The molecule has 88 valence electrons. The first-order valence-electron chi connectivity index (χ1n) is 5.74. The van der Waals surface area contributed by atoms with Gasteiger partial charge in [-0.25, -0.2) is 0 Å². The zero-order valence-electron chi connectivity index (χ0n) is 10.4. The van der Waals surface area contributed by atoms with Gasteiger partial charge in [-0.2, -0.15) is 5.10 Å². The molecule has 0 aliphatic rings. The summed E-state index contributed by atoms with van der Waals surface area (Å²) in [6, 6.07) is 5.86. The van der Waals surface area contributed by atoms with Crippen LogP contribution in [0.2, 0.25) is 0 Å². The largest absolute Gasteiger partial charge is 0.298 e. The van der Waals surface area contributed by atoms with Gasteiger partial charge in [0.1, 0.15) is 0 Å². The van der Waals surface area contributed by atoms with Gasteiger partial charge in [0.05, 0.1) is 5.69 Å². The second-order valence-corrected chi connectivity index (χ2v) is 4.23. The Balaban J connectivity index is 2.65. The molecule has 0 amide bonds. The number of benzene rings is 1. The van der Waals surface area contributed by atoms with E-state index in [0.29, 0.717) is 0 Å². The van der Waals surface area contributed by atoms with Gasteiger partial charge in [0.2, 0.25) is 0 Å². The van der Waals surface area contributed by atoms with Crippen LogP contribution >= 0.6 is 0 Å². The summed E-state index contributed by atoms with van der Waals surface area (Å²) in [6.45, 7) is 4.10. The Bertz CT molecular complexity index is 555. The predicted octanol–water partition coefficient (Wildman–Crippen LogP) is 2.77. The van der Waals surface area contributed by atoms with Crippen LogP contribution in [0.3, 0.4) is 0 Å². The highest BCUT2D eigenvalue weighted by Gasteiger charge is 2.12. The summed E-state index contributed by atoms with van der Waals surface area (Å²) < 4.78 is 1.80. The van der Waals surface area contributed by atoms with Gasteiger partial charge in [-0.3, -0.25) is 9.48 Å². The van der Waals surface area contributed by atoms with Crippen LogP contribution < -0.4 is 0 Å². The minimum absolute atomic E-state index is 0.721. The maximum atomic E-state index is 11.1. The van der Waals surface area contributed by atoms with Crippen LogP contribution in [-0.2, 0) is 13.5 Å². The molecule has 0 saturated carbocycles. The maximum absolute atomic E-state index is 11.1. The van der Waals surface area contributed by atoms with Crippen molar-refractivity contribution >= 4 is 6.29 Å². The molecule has 1 aromatic heterocycles. The Morgan fingerprint density at radius 3 is 2.76 bits per heavy atom. The minimum atomic E-state index is 0.721. The van der Waals surface area contributed by atoms with Gasteiger partial charge in [0.25, 0.3) is 0 Å². The van der Waals surface area contributed by atoms with Crippen LogP contribution in [0, 0.1) is 6.92 Å². The average molecular weight is 228 g/mol. The van der Waals surface area contributed by atoms with E-state index in [-0.39, 0.29) is 0 Å². The molecule has 0 unspecified atom stereocenters. The molecule has 0 bridgehead atoms. The molecule has 1 heterocycles. The number of hydrogen-bond donors (Lipinski definition) is 0. The second-order valence-electron chi connectivity index (χ2n) is 4.23. The molecule has 0 aliphatic carbocycles. The molecule has 0 saturated heterocycles. The first-order chi connectivity index (χ1) is 8.15. The maximum Gasteiger partial charge on any atom is 0.150 e. The zero-order valence-corrected chi connectivity index (χ0v) is 10.4. The molecule has 0 N–H and O–H groups in total. The lowest BCUT2D eigenvalue weighted by molar-refractivity contribution is 0.112. The molecular formula is C14H16N2O. The van der Waals surface area contributed by atoms with Gasteiger partial charge >= 0.3 is 0 Å². The van der Waals surface area contributed by atoms with E-state index < -0.39 is 0 Å². The molecule has 0 radical (unpaired) electrons. The van der Waals surface area contributed by atoms with E-state index in [2.05, 4.69) is 12.0 Å². The summed E-state index contributed by atoms with van der Waals surface area (Å²) in [6.07, 6.45) is 3.74. The first kappa shape index (κ1) is 11.6. The number of aromatic nitrogens is 2. The standard InChI is InChI=1S/C14H16N2O/c1-4-14-13(8-16(3)15-14)12-7-10(2)5-6-11(12)9-17/h5-9H,4H2,1-3H3. The number of aryl methyl sites for hydroxylation is 3. The fourth-order valence-corrected chi connectivity index (χ4v) is 2.03. The molecule has 2 rings (SSSR count). The third-order valence-corrected chi connectivity index (χ3v) is 2.87. The van der Waals surface area contributed by atoms with Crippen molar-refractivity contribution in [1.82, 2.24) is 9.78 Å². The van der Waals surface area contributed by atoms with E-state index in [0.717, 1.165) is 40.7 Å². The topological polar surface area (TPSA) is 34.9 Å². The Morgan fingerprint density at radius 2 is 2.12 bits per heavy atom. The Morgan fingerprint density at radius 1 is 1.35 bits per heavy atom. The third kappa shape index (κ3) is 2.13. The zero-order chi connectivity index (χ0) is 12.4. The van der Waals surface area contributed by atoms with Gasteiger partial charge in [-0.1, -0.05) is 30.7 Å². The molecule has 2 aromatic rings. The predicted molar refractivity (Wildman–Crippen MR) is 68.1 cm³/mol. The lowest BCUT2D eigenvalue weighted by Gasteiger charge is -2.05. The number of aldehydes is 1. The van der Waals surface area contributed by atoms with Crippen molar-refractivity contribution in [2.24, 2.45) is 7.05 Å². The fourth-order valence-electron chi connectivity index (χ4n) is 2.03. The quantitative estimate of drug-likeness (QED) is 0.757. The van der Waals surface area contributed by atoms with Gasteiger partial charge in [0.15, 0.2) is 6.29 Å². The van der Waals surface area contributed by atoms with Crippen LogP contribution in [0.15, 0.2) is 24.4 Å². The van der Waals surface area contributed by atoms with E-state index in [1.165, 1.54) is 0 Å². The van der Waals surface area contributed by atoms with Crippen LogP contribution in [0.1, 0.15) is 28.5 Å². The lowest BCUT2D eigenvalue weighted by Crippen LogP contribution is -1.91. The van der Waals surface area contributed by atoms with Crippen LogP contribution in [0.5, 0.6) is 0 Å². The van der Waals surface area contributed by atoms with Gasteiger partial charge < -0.3 is 0 Å². The Labute approximate surface area is 101 Å². The molecule has 17 heavy (non-hydrogen) atoms. The molecule has 0 aliphatic heterocycles. The Kier molecular flexibility index (Phi) is 3.09. The van der Waals surface area contributed by atoms with E-state index >= 15 is 0 Å². The number of carbonyl (C=O) groups excluding carboxylic acids is 1. The van der Waals surface area contributed by atoms with Crippen molar-refractivity contribution in [3.63, 3.8) is 0 Å². The first-order valence-corrected chi connectivity index (χ1v) is 5.74. The van der Waals surface area contributed by atoms with E-state index in [1.54, 1.807) is 4.68 Å². The van der Waals surface area contributed by atoms with Crippen LogP contribution in [-0.4, -0.2) is 16.1 Å². The molecular weight excluding hydrogens is 212 g/mol. The summed E-state index contributed by atoms with van der Waals surface area (Å²) in [4.78, 5) is 11.1. The highest BCUT2D eigenvalue weighted by atomic mass is 16.1. The molecule has 1 aromatic carbocycles. The monoisotopic (exact) mass is 228 g/mol. The van der Waals surface area contributed by atoms with Crippen molar-refractivity contribution in [1.29, 1.82) is 0 Å². The van der Waals surface area contributed by atoms with Crippen molar-refractivity contribution in [3.05, 3.63) is 41.2 Å². The SMILES string of the molecule is CCc1nn(C)cc1-c1cc(C)ccc1C=O. The molecule has 3 heteroatoms. The van der Waals surface area contributed by atoms with E-state index in [9.17, 15) is 4.79 Å². The summed E-state index contributed by atoms with van der Waals surface area (Å²) >= 11 is 0. The van der Waals surface area contributed by atoms with Crippen molar-refractivity contribution in [3.8, 4) is 11.1 Å². The van der Waals surface area contributed by atoms with Crippen LogP contribution in [0.4, 0.5) is 0 Å². The molecule has 0 spiro atoms. The summed E-state index contributed by atoms with van der Waals surface area (Å²) in [5.74, 6) is 0. The summed E-state index contributed by atoms with van der Waals surface area (Å²) in [5.41, 5.74) is 4.93. The van der Waals surface area contributed by atoms with E-state index in [4.69, 9.17) is 0 Å². The number of hydrogen-bond acceptors (Lipinski definition) is 2. The van der Waals surface area contributed by atoms with E-state index in [1.807, 2.05) is 38.4 Å². The second kappa shape index (κ2) is 4.53. The highest BCUT2D eigenvalue weighted by molar-refractivity contribution is 5.88. The Hall–Kier alpha value is -1.90. The van der Waals surface area contributed by atoms with Gasteiger partial charge in [-0.05, 0) is 18.9 Å². The van der Waals surface area contributed by atoms with Crippen molar-refractivity contribution in [2.45, 2.75) is 20.3 Å². The third-order valence-electron chi connectivity index (χ3n) is 2.87. The van der Waals surface area contributed by atoms with Crippen molar-refractivity contribution < 1.29 is 4.79 Å². The number of nitrogens with zero attached hydrogens (tertiary/aromatic N) is 2. The summed E-state index contributed by atoms with van der Waals surface area (Å²) in [7, 11) is 1.90. The fraction of sp³-hybridized carbons (Fsp3) is 0.286. The minimum Gasteiger partial charge on any atom is -0.298 e. The molecule has 0 atom stereocenters. The summed E-state index contributed by atoms with van der Waals surface area (Å²) in [5, 5.41) is 4.41. The van der Waals surface area contributed by atoms with Crippen LogP contribution in [0.25, 0.3) is 11.1 Å².